The summed E-state index contributed by atoms with van der Waals surface area (Å²) in [5.74, 6) is -0.682. The van der Waals surface area contributed by atoms with E-state index in [2.05, 4.69) is 5.32 Å². The molecule has 3 aromatic carbocycles. The van der Waals surface area contributed by atoms with Crippen LogP contribution >= 0.6 is 0 Å². The normalized spacial score (nSPS) is 20.3. The van der Waals surface area contributed by atoms with Gasteiger partial charge in [0.2, 0.25) is 0 Å². The number of benzene rings is 3. The Morgan fingerprint density at radius 1 is 0.962 bits per heavy atom. The van der Waals surface area contributed by atoms with E-state index in [1.54, 1.807) is 41.4 Å². The number of nitrogens with one attached hydrogen (secondary N) is 1. The molecule has 2 aliphatic rings. The number of hydrogen-bond acceptors (Lipinski definition) is 9. The van der Waals surface area contributed by atoms with Crippen LogP contribution < -0.4 is 5.32 Å². The standard InChI is InChI=1S/C40H47N5O7/c1-50-27-40(49)20-10-9-18-34(40)45-28-42-35(36(45)30-14-7-4-8-15-30)37(46)44-23-22-43(39(48)52-26-29-12-5-3-6-13-29)25-33(44)19-21-41-32-17-11-16-31(24-32)38(47)51-2/h3-8,11-17,24,28,33-34,41,49H,9-10,18-23,25-27H2,1-2H3/t33-,34-,40-/m1/s1. The number of carbonyl (C=O) groups excluding carboxylic acids is 3. The van der Waals surface area contributed by atoms with Crippen LogP contribution in [0.4, 0.5) is 10.5 Å². The summed E-state index contributed by atoms with van der Waals surface area (Å²) in [6.07, 6.45) is 4.86. The molecule has 2 N–H and O–H groups in total. The fourth-order valence-electron chi connectivity index (χ4n) is 7.40. The highest BCUT2D eigenvalue weighted by molar-refractivity contribution is 5.98. The van der Waals surface area contributed by atoms with Gasteiger partial charge >= 0.3 is 12.1 Å². The molecule has 0 spiro atoms. The molecule has 12 heteroatoms. The van der Waals surface area contributed by atoms with Gasteiger partial charge in [-0.1, -0.05) is 79.6 Å². The lowest BCUT2D eigenvalue weighted by molar-refractivity contribution is -0.0893. The Morgan fingerprint density at radius 2 is 1.73 bits per heavy atom. The molecule has 0 radical (unpaired) electrons. The second kappa shape index (κ2) is 16.9. The second-order valence-corrected chi connectivity index (χ2v) is 13.4. The molecule has 1 aliphatic heterocycles. The van der Waals surface area contributed by atoms with Crippen LogP contribution in [0.3, 0.4) is 0 Å². The summed E-state index contributed by atoms with van der Waals surface area (Å²) >= 11 is 0. The molecule has 3 atom stereocenters. The number of hydrogen-bond donors (Lipinski definition) is 2. The van der Waals surface area contributed by atoms with Crippen molar-refractivity contribution in [1.82, 2.24) is 19.4 Å². The first-order valence-corrected chi connectivity index (χ1v) is 17.8. The van der Waals surface area contributed by atoms with E-state index in [0.717, 1.165) is 36.1 Å². The number of anilines is 1. The summed E-state index contributed by atoms with van der Waals surface area (Å²) in [5.41, 5.74) is 2.70. The molecule has 1 aliphatic carbocycles. The maximum atomic E-state index is 14.7. The molecular formula is C40H47N5O7. The first kappa shape index (κ1) is 36.6. The quantitative estimate of drug-likeness (QED) is 0.175. The van der Waals surface area contributed by atoms with E-state index >= 15 is 0 Å². The van der Waals surface area contributed by atoms with Crippen LogP contribution in [-0.4, -0.2) is 101 Å². The Bertz CT molecular complexity index is 1810. The Balaban J connectivity index is 1.27. The molecule has 1 aromatic heterocycles. The van der Waals surface area contributed by atoms with Crippen molar-refractivity contribution in [2.75, 3.05) is 52.3 Å². The molecule has 0 bridgehead atoms. The minimum Gasteiger partial charge on any atom is -0.465 e. The molecule has 12 nitrogen and oxygen atoms in total. The van der Waals surface area contributed by atoms with Gasteiger partial charge in [0.15, 0.2) is 5.69 Å². The molecule has 2 heterocycles. The summed E-state index contributed by atoms with van der Waals surface area (Å²) in [5, 5.41) is 15.2. The van der Waals surface area contributed by atoms with E-state index in [9.17, 15) is 19.5 Å². The fraction of sp³-hybridized carbons (Fsp3) is 0.400. The number of piperazine rings is 1. The molecule has 52 heavy (non-hydrogen) atoms. The summed E-state index contributed by atoms with van der Waals surface area (Å²) in [7, 11) is 2.93. The van der Waals surface area contributed by atoms with Gasteiger partial charge < -0.3 is 39.0 Å². The molecular weight excluding hydrogens is 662 g/mol. The number of nitrogens with zero attached hydrogens (tertiary/aromatic N) is 4. The minimum absolute atomic E-state index is 0.149. The van der Waals surface area contributed by atoms with Crippen LogP contribution in [0.1, 0.15) is 64.6 Å². The Labute approximate surface area is 304 Å². The third-order valence-electron chi connectivity index (χ3n) is 10.0. The average Bonchev–Trinajstić information content (AvgIpc) is 3.62. The number of imidazole rings is 1. The van der Waals surface area contributed by atoms with Crippen LogP contribution in [0.5, 0.6) is 0 Å². The van der Waals surface area contributed by atoms with Crippen LogP contribution in [0.15, 0.2) is 91.3 Å². The number of aliphatic hydroxyl groups is 1. The molecule has 0 unspecified atom stereocenters. The first-order chi connectivity index (χ1) is 25.3. The monoisotopic (exact) mass is 709 g/mol. The van der Waals surface area contributed by atoms with E-state index in [-0.39, 0.29) is 44.3 Å². The number of rotatable bonds is 12. The Hall–Kier alpha value is -5.20. The van der Waals surface area contributed by atoms with Crippen LogP contribution in [-0.2, 0) is 20.8 Å². The van der Waals surface area contributed by atoms with Gasteiger partial charge in [-0.2, -0.15) is 0 Å². The molecule has 4 aromatic rings. The first-order valence-electron chi connectivity index (χ1n) is 17.8. The van der Waals surface area contributed by atoms with Crippen LogP contribution in [0.25, 0.3) is 11.3 Å². The maximum Gasteiger partial charge on any atom is 0.410 e. The van der Waals surface area contributed by atoms with Crippen molar-refractivity contribution >= 4 is 23.7 Å². The lowest BCUT2D eigenvalue weighted by atomic mass is 9.80. The Morgan fingerprint density at radius 3 is 2.48 bits per heavy atom. The summed E-state index contributed by atoms with van der Waals surface area (Å²) < 4.78 is 18.0. The number of carbonyl (C=O) groups is 3. The molecule has 274 valence electrons. The van der Waals surface area contributed by atoms with Crippen molar-refractivity contribution in [2.45, 2.75) is 56.4 Å². The number of amides is 2. The zero-order chi connectivity index (χ0) is 36.5. The van der Waals surface area contributed by atoms with Crippen molar-refractivity contribution in [3.05, 3.63) is 108 Å². The van der Waals surface area contributed by atoms with E-state index in [0.29, 0.717) is 42.9 Å². The molecule has 6 rings (SSSR count). The van der Waals surface area contributed by atoms with Crippen LogP contribution in [0.2, 0.25) is 0 Å². The zero-order valence-electron chi connectivity index (χ0n) is 29.8. The number of esters is 1. The van der Waals surface area contributed by atoms with E-state index in [1.165, 1.54) is 7.11 Å². The van der Waals surface area contributed by atoms with Gasteiger partial charge in [0.05, 0.1) is 43.4 Å². The molecule has 2 fully saturated rings. The van der Waals surface area contributed by atoms with Gasteiger partial charge in [-0.15, -0.1) is 0 Å². The van der Waals surface area contributed by atoms with E-state index in [4.69, 9.17) is 19.2 Å². The number of methoxy groups -OCH3 is 2. The largest absolute Gasteiger partial charge is 0.465 e. The van der Waals surface area contributed by atoms with Crippen molar-refractivity contribution in [3.63, 3.8) is 0 Å². The smallest absolute Gasteiger partial charge is 0.410 e. The van der Waals surface area contributed by atoms with Gasteiger partial charge in [-0.3, -0.25) is 4.79 Å². The highest BCUT2D eigenvalue weighted by Gasteiger charge is 2.43. The van der Waals surface area contributed by atoms with Crippen molar-refractivity contribution in [1.29, 1.82) is 0 Å². The zero-order valence-corrected chi connectivity index (χ0v) is 29.8. The lowest BCUT2D eigenvalue weighted by Crippen LogP contribution is -2.57. The topological polar surface area (TPSA) is 135 Å². The van der Waals surface area contributed by atoms with Gasteiger partial charge in [-0.05, 0) is 43.0 Å². The molecule has 1 saturated carbocycles. The maximum absolute atomic E-state index is 14.7. The average molecular weight is 710 g/mol. The SMILES string of the molecule is COC[C@]1(O)CCCC[C@H]1n1cnc(C(=O)N2CCN(C(=O)OCc3ccccc3)C[C@H]2CCNc2cccc(C(=O)OC)c2)c1-c1ccccc1. The number of ether oxygens (including phenoxy) is 3. The molecule has 2 amide bonds. The predicted molar refractivity (Wildman–Crippen MR) is 196 cm³/mol. The Kier molecular flexibility index (Phi) is 11.9. The van der Waals surface area contributed by atoms with Gasteiger partial charge in [0.25, 0.3) is 5.91 Å². The second-order valence-electron chi connectivity index (χ2n) is 13.4. The van der Waals surface area contributed by atoms with E-state index in [1.807, 2.05) is 71.3 Å². The number of aromatic nitrogens is 2. The van der Waals surface area contributed by atoms with Gasteiger partial charge in [0.1, 0.15) is 12.2 Å². The minimum atomic E-state index is -1.11. The third kappa shape index (κ3) is 8.29. The highest BCUT2D eigenvalue weighted by Crippen LogP contribution is 2.41. The summed E-state index contributed by atoms with van der Waals surface area (Å²) in [4.78, 5) is 48.3. The lowest BCUT2D eigenvalue weighted by Gasteiger charge is -2.41. The van der Waals surface area contributed by atoms with Crippen LogP contribution in [0, 0.1) is 0 Å². The van der Waals surface area contributed by atoms with Gasteiger partial charge in [-0.25, -0.2) is 14.6 Å². The summed E-state index contributed by atoms with van der Waals surface area (Å²) in [6.45, 7) is 1.62. The predicted octanol–water partition coefficient (Wildman–Crippen LogP) is 5.79. The fourth-order valence-corrected chi connectivity index (χ4v) is 7.40. The van der Waals surface area contributed by atoms with Crippen molar-refractivity contribution in [2.24, 2.45) is 0 Å². The van der Waals surface area contributed by atoms with Crippen molar-refractivity contribution in [3.8, 4) is 11.3 Å². The molecule has 1 saturated heterocycles. The third-order valence-corrected chi connectivity index (χ3v) is 10.0. The van der Waals surface area contributed by atoms with Crippen molar-refractivity contribution < 1.29 is 33.7 Å². The van der Waals surface area contributed by atoms with Gasteiger partial charge in [0, 0.05) is 44.5 Å². The van der Waals surface area contributed by atoms with E-state index < -0.39 is 17.7 Å². The highest BCUT2D eigenvalue weighted by atomic mass is 16.6. The summed E-state index contributed by atoms with van der Waals surface area (Å²) in [6, 6.07) is 25.5.